The molecule has 0 bridgehead atoms. The van der Waals surface area contributed by atoms with Gasteiger partial charge in [-0.3, -0.25) is 4.84 Å². The molecule has 8 heteroatoms. The van der Waals surface area contributed by atoms with Gasteiger partial charge in [-0.1, -0.05) is 18.2 Å². The van der Waals surface area contributed by atoms with Crippen molar-refractivity contribution >= 4 is 0 Å². The average Bonchev–Trinajstić information content (AvgIpc) is 2.15. The summed E-state index contributed by atoms with van der Waals surface area (Å²) < 4.78 is 0. The van der Waals surface area contributed by atoms with Crippen LogP contribution in [0.5, 0.6) is 5.75 Å². The molecule has 0 heterocycles. The lowest BCUT2D eigenvalue weighted by molar-refractivity contribution is -0.962. The molecule has 0 N–H and O–H groups in total. The van der Waals surface area contributed by atoms with Gasteiger partial charge >= 0.3 is 5.28 Å². The zero-order chi connectivity index (χ0) is 10.6. The molecule has 0 amide bonds. The zero-order valence-electron chi connectivity index (χ0n) is 6.77. The highest BCUT2D eigenvalue weighted by atomic mass is 16.9. The molecule has 0 saturated heterocycles. The van der Waals surface area contributed by atoms with Gasteiger partial charge in [0, 0.05) is 0 Å². The van der Waals surface area contributed by atoms with Gasteiger partial charge in [0.2, 0.25) is 0 Å². The minimum atomic E-state index is -1.27. The van der Waals surface area contributed by atoms with Gasteiger partial charge < -0.3 is 0 Å². The highest BCUT2D eigenvalue weighted by Crippen LogP contribution is 2.10. The van der Waals surface area contributed by atoms with Crippen LogP contribution in [0.4, 0.5) is 0 Å². The second-order valence-corrected chi connectivity index (χ2v) is 2.13. The average molecular weight is 199 g/mol. The van der Waals surface area contributed by atoms with Crippen molar-refractivity contribution in [1.82, 2.24) is 5.28 Å². The first-order valence-electron chi connectivity index (χ1n) is 3.43. The standard InChI is InChI=1S/C6H5N3O5/c10-8(11)7(9(12)13)14-6-4-2-1-3-5-6/h1-5H. The summed E-state index contributed by atoms with van der Waals surface area (Å²) in [4.78, 5) is 24.6. The van der Waals surface area contributed by atoms with E-state index in [0.29, 0.717) is 0 Å². The van der Waals surface area contributed by atoms with Crippen molar-refractivity contribution in [2.45, 2.75) is 0 Å². The molecule has 0 aliphatic rings. The van der Waals surface area contributed by atoms with Crippen molar-refractivity contribution in [3.05, 3.63) is 50.6 Å². The minimum Gasteiger partial charge on any atom is -0.274 e. The molecular formula is C6H5N3O5. The van der Waals surface area contributed by atoms with Crippen LogP contribution in [0.3, 0.4) is 0 Å². The number of para-hydroxylation sites is 1. The van der Waals surface area contributed by atoms with Crippen molar-refractivity contribution in [3.8, 4) is 5.75 Å². The molecule has 0 aromatic heterocycles. The molecule has 0 saturated carbocycles. The third-order valence-corrected chi connectivity index (χ3v) is 1.21. The topological polar surface area (TPSA) is 98.8 Å². The monoisotopic (exact) mass is 199 g/mol. The predicted molar refractivity (Wildman–Crippen MR) is 42.9 cm³/mol. The van der Waals surface area contributed by atoms with Crippen LogP contribution in [0.15, 0.2) is 30.3 Å². The summed E-state index contributed by atoms with van der Waals surface area (Å²) in [5.41, 5.74) is 0. The Labute approximate surface area is 77.5 Å². The van der Waals surface area contributed by atoms with Gasteiger partial charge in [-0.25, -0.2) is 20.2 Å². The number of benzene rings is 1. The molecule has 74 valence electrons. The molecule has 0 atom stereocenters. The molecule has 1 aromatic rings. The fourth-order valence-electron chi connectivity index (χ4n) is 0.702. The lowest BCUT2D eigenvalue weighted by atomic mass is 10.3. The van der Waals surface area contributed by atoms with Crippen LogP contribution in [-0.4, -0.2) is 15.3 Å². The molecule has 14 heavy (non-hydrogen) atoms. The van der Waals surface area contributed by atoms with E-state index in [0.717, 1.165) is 0 Å². The van der Waals surface area contributed by atoms with Crippen LogP contribution in [0.2, 0.25) is 0 Å². The lowest BCUT2D eigenvalue weighted by Gasteiger charge is -2.02. The minimum absolute atomic E-state index is 0.0147. The van der Waals surface area contributed by atoms with Gasteiger partial charge in [-0.15, -0.1) is 0 Å². The largest absolute Gasteiger partial charge is 0.380 e. The lowest BCUT2D eigenvalue weighted by Crippen LogP contribution is -2.38. The van der Waals surface area contributed by atoms with Crippen LogP contribution in [0.25, 0.3) is 0 Å². The van der Waals surface area contributed by atoms with Gasteiger partial charge in [-0.05, 0) is 12.1 Å². The van der Waals surface area contributed by atoms with Crippen molar-refractivity contribution in [1.29, 1.82) is 0 Å². The Kier molecular flexibility index (Phi) is 2.79. The first kappa shape index (κ1) is 9.71. The molecular weight excluding hydrogens is 194 g/mol. The van der Waals surface area contributed by atoms with E-state index < -0.39 is 15.3 Å². The van der Waals surface area contributed by atoms with Crippen LogP contribution in [0.1, 0.15) is 0 Å². The Morgan fingerprint density at radius 2 is 1.57 bits per heavy atom. The zero-order valence-corrected chi connectivity index (χ0v) is 6.77. The summed E-state index contributed by atoms with van der Waals surface area (Å²) in [6.07, 6.45) is 0. The maximum absolute atomic E-state index is 10.1. The van der Waals surface area contributed by atoms with Gasteiger partial charge in [-0.2, -0.15) is 0 Å². The van der Waals surface area contributed by atoms with Gasteiger partial charge in [0.05, 0.1) is 0 Å². The number of nitrogens with zero attached hydrogens (tertiary/aromatic N) is 3. The number of hydrazine groups is 2. The van der Waals surface area contributed by atoms with E-state index in [1.807, 2.05) is 0 Å². The normalized spacial score (nSPS) is 9.14. The van der Waals surface area contributed by atoms with Crippen LogP contribution < -0.4 is 4.84 Å². The Morgan fingerprint density at radius 3 is 2.00 bits per heavy atom. The molecule has 0 unspecified atom stereocenters. The Bertz CT molecular complexity index is 327. The maximum Gasteiger partial charge on any atom is 0.380 e. The van der Waals surface area contributed by atoms with E-state index in [9.17, 15) is 20.2 Å². The fraction of sp³-hybridized carbons (Fsp3) is 0. The van der Waals surface area contributed by atoms with E-state index >= 15 is 0 Å². The third-order valence-electron chi connectivity index (χ3n) is 1.21. The highest BCUT2D eigenvalue weighted by Gasteiger charge is 2.30. The van der Waals surface area contributed by atoms with Gasteiger partial charge in [0.15, 0.2) is 5.75 Å². The van der Waals surface area contributed by atoms with E-state index in [4.69, 9.17) is 0 Å². The fourth-order valence-corrected chi connectivity index (χ4v) is 0.702. The molecule has 8 nitrogen and oxygen atoms in total. The molecule has 1 rings (SSSR count). The van der Waals surface area contributed by atoms with E-state index in [1.54, 1.807) is 6.07 Å². The van der Waals surface area contributed by atoms with Crippen molar-refractivity contribution < 1.29 is 14.9 Å². The number of nitro groups is 2. The summed E-state index contributed by atoms with van der Waals surface area (Å²) in [5, 5.41) is 17.1. The molecule has 1 aromatic carbocycles. The smallest absolute Gasteiger partial charge is 0.274 e. The summed E-state index contributed by atoms with van der Waals surface area (Å²) >= 11 is 0. The molecule has 0 spiro atoms. The van der Waals surface area contributed by atoms with Crippen LogP contribution in [-0.2, 0) is 0 Å². The van der Waals surface area contributed by atoms with E-state index in [1.165, 1.54) is 24.3 Å². The summed E-state index contributed by atoms with van der Waals surface area (Å²) in [7, 11) is 0. The van der Waals surface area contributed by atoms with Gasteiger partial charge in [0.1, 0.15) is 0 Å². The quantitative estimate of drug-likeness (QED) is 0.521. The Balaban J connectivity index is 2.75. The van der Waals surface area contributed by atoms with Crippen LogP contribution >= 0.6 is 0 Å². The summed E-state index contributed by atoms with van der Waals surface area (Å²) in [5.74, 6) is 0.0147. The molecule has 0 fully saturated rings. The van der Waals surface area contributed by atoms with Crippen molar-refractivity contribution in [3.63, 3.8) is 0 Å². The summed E-state index contributed by atoms with van der Waals surface area (Å²) in [6.45, 7) is 0. The van der Waals surface area contributed by atoms with Crippen LogP contribution in [0, 0.1) is 20.2 Å². The predicted octanol–water partition coefficient (Wildman–Crippen LogP) is 0.666. The van der Waals surface area contributed by atoms with Gasteiger partial charge in [0.25, 0.3) is 10.1 Å². The Hall–Kier alpha value is -2.38. The maximum atomic E-state index is 10.1. The second-order valence-electron chi connectivity index (χ2n) is 2.13. The third kappa shape index (κ3) is 2.30. The SMILES string of the molecule is O=[N+]([O-])N(Oc1ccccc1)[N+](=O)[O-]. The van der Waals surface area contributed by atoms with E-state index in [-0.39, 0.29) is 5.75 Å². The number of hydrogen-bond donors (Lipinski definition) is 0. The summed E-state index contributed by atoms with van der Waals surface area (Å²) in [6, 6.07) is 7.44. The molecule has 0 radical (unpaired) electrons. The number of hydrogen-bond acceptors (Lipinski definition) is 5. The Morgan fingerprint density at radius 1 is 1.07 bits per heavy atom. The van der Waals surface area contributed by atoms with Crippen molar-refractivity contribution in [2.24, 2.45) is 0 Å². The number of rotatable bonds is 4. The highest BCUT2D eigenvalue weighted by molar-refractivity contribution is 5.20. The first-order chi connectivity index (χ1) is 6.61. The molecule has 0 aliphatic carbocycles. The first-order valence-corrected chi connectivity index (χ1v) is 3.43. The molecule has 0 aliphatic heterocycles. The van der Waals surface area contributed by atoms with Crippen molar-refractivity contribution in [2.75, 3.05) is 0 Å². The second kappa shape index (κ2) is 4.03. The van der Waals surface area contributed by atoms with E-state index in [2.05, 4.69) is 4.84 Å².